The predicted octanol–water partition coefficient (Wildman–Crippen LogP) is 2.04. The highest BCUT2D eigenvalue weighted by Crippen LogP contribution is 2.28. The molecule has 1 aromatic carbocycles. The van der Waals surface area contributed by atoms with Crippen molar-refractivity contribution in [3.05, 3.63) is 48.3 Å². The maximum Gasteiger partial charge on any atom is 0.270 e. The Morgan fingerprint density at radius 3 is 2.76 bits per heavy atom. The molecule has 2 N–H and O–H groups in total. The van der Waals surface area contributed by atoms with Gasteiger partial charge in [0.05, 0.1) is 11.9 Å². The van der Waals surface area contributed by atoms with E-state index in [2.05, 4.69) is 20.2 Å². The molecule has 3 heterocycles. The molecule has 2 aromatic heterocycles. The third kappa shape index (κ3) is 3.99. The molecule has 0 fully saturated rings. The molecule has 0 radical (unpaired) electrons. The molecule has 29 heavy (non-hydrogen) atoms. The highest BCUT2D eigenvalue weighted by Gasteiger charge is 2.21. The van der Waals surface area contributed by atoms with Gasteiger partial charge < -0.3 is 19.8 Å². The first-order valence-corrected chi connectivity index (χ1v) is 9.13. The zero-order valence-corrected chi connectivity index (χ0v) is 15.9. The summed E-state index contributed by atoms with van der Waals surface area (Å²) < 4.78 is 10.7. The van der Waals surface area contributed by atoms with Gasteiger partial charge in [0.2, 0.25) is 11.8 Å². The Hall–Kier alpha value is -3.59. The Balaban J connectivity index is 1.58. The van der Waals surface area contributed by atoms with Gasteiger partial charge in [0.15, 0.2) is 11.5 Å². The van der Waals surface area contributed by atoms with E-state index in [9.17, 15) is 4.79 Å². The highest BCUT2D eigenvalue weighted by atomic mass is 16.5. The van der Waals surface area contributed by atoms with Crippen molar-refractivity contribution < 1.29 is 13.9 Å². The van der Waals surface area contributed by atoms with Crippen molar-refractivity contribution in [2.24, 2.45) is 0 Å². The Morgan fingerprint density at radius 1 is 1.24 bits per heavy atom. The number of methoxy groups -OCH3 is 1. The second kappa shape index (κ2) is 8.19. The first kappa shape index (κ1) is 18.8. The van der Waals surface area contributed by atoms with Crippen LogP contribution in [-0.2, 0) is 9.53 Å². The average Bonchev–Trinajstić information content (AvgIpc) is 3.25. The van der Waals surface area contributed by atoms with Gasteiger partial charge in [-0.25, -0.2) is 9.97 Å². The molecule has 1 aliphatic heterocycles. The lowest BCUT2D eigenvalue weighted by molar-refractivity contribution is -0.134. The number of nitrogen functional groups attached to an aromatic ring is 1. The Kier molecular flexibility index (Phi) is 5.30. The molecule has 3 aromatic rings. The second-order valence-corrected chi connectivity index (χ2v) is 6.52. The van der Waals surface area contributed by atoms with Crippen LogP contribution in [0.15, 0.2) is 47.0 Å². The minimum Gasteiger partial charge on any atom is -0.414 e. The van der Waals surface area contributed by atoms with Crippen molar-refractivity contribution in [3.8, 4) is 23.0 Å². The minimum absolute atomic E-state index is 0.0359. The van der Waals surface area contributed by atoms with Crippen LogP contribution in [0.4, 0.5) is 5.82 Å². The quantitative estimate of drug-likeness (QED) is 0.700. The molecule has 0 spiro atoms. The number of benzene rings is 1. The van der Waals surface area contributed by atoms with Crippen LogP contribution in [0, 0.1) is 0 Å². The number of amides is 1. The van der Waals surface area contributed by atoms with E-state index in [0.717, 1.165) is 11.1 Å². The van der Waals surface area contributed by atoms with Crippen molar-refractivity contribution in [2.75, 3.05) is 32.5 Å². The number of anilines is 1. The molecule has 1 aliphatic rings. The highest BCUT2D eigenvalue weighted by molar-refractivity contribution is 5.79. The van der Waals surface area contributed by atoms with E-state index in [-0.39, 0.29) is 24.2 Å². The first-order valence-electron chi connectivity index (χ1n) is 9.13. The Labute approximate surface area is 167 Å². The Morgan fingerprint density at radius 2 is 2.03 bits per heavy atom. The first-order chi connectivity index (χ1) is 14.2. The van der Waals surface area contributed by atoms with E-state index >= 15 is 0 Å². The number of carbonyl (C=O) groups is 1. The van der Waals surface area contributed by atoms with Crippen molar-refractivity contribution >= 4 is 17.3 Å². The van der Waals surface area contributed by atoms with E-state index in [1.165, 1.54) is 7.11 Å². The summed E-state index contributed by atoms with van der Waals surface area (Å²) in [5.74, 6) is 0.775. The van der Waals surface area contributed by atoms with Crippen molar-refractivity contribution in [1.29, 1.82) is 0 Å². The van der Waals surface area contributed by atoms with Gasteiger partial charge >= 0.3 is 0 Å². The van der Waals surface area contributed by atoms with Crippen molar-refractivity contribution in [2.45, 2.75) is 6.42 Å². The van der Waals surface area contributed by atoms with Crippen LogP contribution in [-0.4, -0.2) is 57.8 Å². The molecule has 0 atom stereocenters. The molecule has 4 rings (SSSR count). The van der Waals surface area contributed by atoms with Gasteiger partial charge in [-0.1, -0.05) is 24.3 Å². The van der Waals surface area contributed by atoms with Gasteiger partial charge in [0.1, 0.15) is 6.61 Å². The van der Waals surface area contributed by atoms with Crippen molar-refractivity contribution in [1.82, 2.24) is 25.1 Å². The average molecular weight is 392 g/mol. The lowest BCUT2D eigenvalue weighted by atomic mass is 10.0. The zero-order chi connectivity index (χ0) is 20.2. The van der Waals surface area contributed by atoms with Gasteiger partial charge in [0, 0.05) is 25.8 Å². The SMILES string of the molecule is COCC(=O)N1CC=C(c2cnc(N)c(-c3nnc(-c4ccccc4)o3)n2)CC1. The molecule has 9 nitrogen and oxygen atoms in total. The van der Waals surface area contributed by atoms with Gasteiger partial charge in [-0.2, -0.15) is 0 Å². The molecule has 148 valence electrons. The number of hydrogen-bond acceptors (Lipinski definition) is 8. The fraction of sp³-hybridized carbons (Fsp3) is 0.250. The van der Waals surface area contributed by atoms with Gasteiger partial charge in [-0.15, -0.1) is 10.2 Å². The number of rotatable bonds is 5. The lowest BCUT2D eigenvalue weighted by Gasteiger charge is -2.26. The summed E-state index contributed by atoms with van der Waals surface area (Å²) in [6.07, 6.45) is 4.24. The fourth-order valence-corrected chi connectivity index (χ4v) is 3.07. The van der Waals surface area contributed by atoms with Crippen LogP contribution in [0.2, 0.25) is 0 Å². The number of nitrogens with zero attached hydrogens (tertiary/aromatic N) is 5. The van der Waals surface area contributed by atoms with Crippen LogP contribution < -0.4 is 5.73 Å². The van der Waals surface area contributed by atoms with E-state index in [1.807, 2.05) is 36.4 Å². The second-order valence-electron chi connectivity index (χ2n) is 6.52. The molecular formula is C20H20N6O3. The van der Waals surface area contributed by atoms with Crippen LogP contribution in [0.25, 0.3) is 28.6 Å². The summed E-state index contributed by atoms with van der Waals surface area (Å²) in [4.78, 5) is 22.5. The summed E-state index contributed by atoms with van der Waals surface area (Å²) in [6.45, 7) is 1.17. The monoisotopic (exact) mass is 392 g/mol. The summed E-state index contributed by atoms with van der Waals surface area (Å²) in [7, 11) is 1.51. The van der Waals surface area contributed by atoms with Gasteiger partial charge in [-0.05, 0) is 24.1 Å². The molecule has 0 bridgehead atoms. The zero-order valence-electron chi connectivity index (χ0n) is 15.9. The number of aromatic nitrogens is 4. The van der Waals surface area contributed by atoms with Gasteiger partial charge in [0.25, 0.3) is 5.89 Å². The van der Waals surface area contributed by atoms with Crippen molar-refractivity contribution in [3.63, 3.8) is 0 Å². The molecule has 0 unspecified atom stereocenters. The normalized spacial score (nSPS) is 14.0. The summed E-state index contributed by atoms with van der Waals surface area (Å²) in [5, 5.41) is 8.16. The number of carbonyl (C=O) groups excluding carboxylic acids is 1. The molecule has 1 amide bonds. The summed E-state index contributed by atoms with van der Waals surface area (Å²) >= 11 is 0. The molecule has 0 aliphatic carbocycles. The van der Waals surface area contributed by atoms with Gasteiger partial charge in [-0.3, -0.25) is 4.79 Å². The largest absolute Gasteiger partial charge is 0.414 e. The van der Waals surface area contributed by atoms with Crippen LogP contribution in [0.3, 0.4) is 0 Å². The van der Waals surface area contributed by atoms with Crippen LogP contribution >= 0.6 is 0 Å². The Bertz CT molecular complexity index is 1050. The maximum atomic E-state index is 11.9. The summed E-state index contributed by atoms with van der Waals surface area (Å²) in [5.41, 5.74) is 8.82. The number of hydrogen-bond donors (Lipinski definition) is 1. The minimum atomic E-state index is -0.0359. The van der Waals surface area contributed by atoms with E-state index in [4.69, 9.17) is 14.9 Å². The lowest BCUT2D eigenvalue weighted by Crippen LogP contribution is -2.37. The van der Waals surface area contributed by atoms with E-state index in [1.54, 1.807) is 11.1 Å². The molecule has 9 heteroatoms. The molecule has 0 saturated heterocycles. The molecular weight excluding hydrogens is 372 g/mol. The fourth-order valence-electron chi connectivity index (χ4n) is 3.07. The van der Waals surface area contributed by atoms with E-state index in [0.29, 0.717) is 36.8 Å². The summed E-state index contributed by atoms with van der Waals surface area (Å²) in [6, 6.07) is 9.46. The smallest absolute Gasteiger partial charge is 0.270 e. The standard InChI is InChI=1S/C20H20N6O3/c1-28-12-16(27)26-9-7-13(8-10-26)15-11-22-18(21)17(23-15)20-25-24-19(29-20)14-5-3-2-4-6-14/h2-7,11H,8-10,12H2,1H3,(H2,21,22). The topological polar surface area (TPSA) is 120 Å². The van der Waals surface area contributed by atoms with E-state index < -0.39 is 0 Å². The number of ether oxygens (including phenoxy) is 1. The third-order valence-corrected chi connectivity index (χ3v) is 4.61. The van der Waals surface area contributed by atoms with Crippen LogP contribution in [0.5, 0.6) is 0 Å². The van der Waals surface area contributed by atoms with Crippen LogP contribution in [0.1, 0.15) is 12.1 Å². The third-order valence-electron chi connectivity index (χ3n) is 4.61. The maximum absolute atomic E-state index is 11.9. The number of nitrogens with two attached hydrogens (primary N) is 1. The predicted molar refractivity (Wildman–Crippen MR) is 106 cm³/mol. The molecule has 0 saturated carbocycles.